The molecule has 3 aromatic rings. The lowest BCUT2D eigenvalue weighted by Gasteiger charge is -2.18. The maximum Gasteiger partial charge on any atom is 0.287 e. The third kappa shape index (κ3) is 5.24. The van der Waals surface area contributed by atoms with Gasteiger partial charge in [-0.05, 0) is 42.2 Å². The van der Waals surface area contributed by atoms with Crippen molar-refractivity contribution in [1.29, 1.82) is 0 Å². The standard InChI is InChI=1S/C21H20N2O3S/c1-27-17-10-5-9-16(14-17)22-20(24)18(13-15-7-3-2-4-8-15)23-21(25)19-11-6-12-26-19/h2-12,14,18H,13H2,1H3,(H,22,24)(H,23,25). The van der Waals surface area contributed by atoms with Crippen molar-refractivity contribution < 1.29 is 14.0 Å². The summed E-state index contributed by atoms with van der Waals surface area (Å²) in [5.41, 5.74) is 1.65. The van der Waals surface area contributed by atoms with Gasteiger partial charge in [-0.1, -0.05) is 36.4 Å². The predicted molar refractivity (Wildman–Crippen MR) is 107 cm³/mol. The fraction of sp³-hybridized carbons (Fsp3) is 0.143. The molecule has 2 aromatic carbocycles. The zero-order chi connectivity index (χ0) is 19.1. The number of carbonyl (C=O) groups excluding carboxylic acids is 2. The normalized spacial score (nSPS) is 11.6. The second-order valence-corrected chi connectivity index (χ2v) is 6.79. The SMILES string of the molecule is CSc1cccc(NC(=O)C(Cc2ccccc2)NC(=O)c2ccco2)c1. The number of anilines is 1. The molecule has 0 aliphatic carbocycles. The molecule has 2 amide bonds. The Kier molecular flexibility index (Phi) is 6.33. The molecule has 3 rings (SSSR count). The zero-order valence-corrected chi connectivity index (χ0v) is 15.7. The second-order valence-electron chi connectivity index (χ2n) is 5.91. The van der Waals surface area contributed by atoms with Crippen LogP contribution in [0.4, 0.5) is 5.69 Å². The summed E-state index contributed by atoms with van der Waals surface area (Å²) >= 11 is 1.60. The first-order valence-electron chi connectivity index (χ1n) is 8.49. The van der Waals surface area contributed by atoms with Crippen molar-refractivity contribution in [2.45, 2.75) is 17.4 Å². The third-order valence-electron chi connectivity index (χ3n) is 3.99. The van der Waals surface area contributed by atoms with E-state index in [1.807, 2.05) is 60.9 Å². The first-order valence-corrected chi connectivity index (χ1v) is 9.71. The third-order valence-corrected chi connectivity index (χ3v) is 4.71. The highest BCUT2D eigenvalue weighted by Gasteiger charge is 2.23. The van der Waals surface area contributed by atoms with Gasteiger partial charge < -0.3 is 15.1 Å². The number of hydrogen-bond acceptors (Lipinski definition) is 4. The van der Waals surface area contributed by atoms with Crippen molar-refractivity contribution >= 4 is 29.3 Å². The van der Waals surface area contributed by atoms with Gasteiger partial charge >= 0.3 is 0 Å². The Bertz CT molecular complexity index is 895. The fourth-order valence-corrected chi connectivity index (χ4v) is 3.09. The van der Waals surface area contributed by atoms with Crippen LogP contribution < -0.4 is 10.6 Å². The van der Waals surface area contributed by atoms with Crippen LogP contribution in [0, 0.1) is 0 Å². The molecule has 1 atom stereocenters. The molecule has 0 aliphatic heterocycles. The number of hydrogen-bond donors (Lipinski definition) is 2. The number of carbonyl (C=O) groups is 2. The van der Waals surface area contributed by atoms with E-state index < -0.39 is 11.9 Å². The highest BCUT2D eigenvalue weighted by Crippen LogP contribution is 2.19. The molecule has 5 nitrogen and oxygen atoms in total. The fourth-order valence-electron chi connectivity index (χ4n) is 2.63. The number of benzene rings is 2. The van der Waals surface area contributed by atoms with E-state index in [2.05, 4.69) is 10.6 Å². The summed E-state index contributed by atoms with van der Waals surface area (Å²) in [6.07, 6.45) is 3.78. The first kappa shape index (κ1) is 18.8. The Morgan fingerprint density at radius 3 is 2.56 bits per heavy atom. The van der Waals surface area contributed by atoms with Gasteiger partial charge in [-0.3, -0.25) is 9.59 Å². The summed E-state index contributed by atoms with van der Waals surface area (Å²) in [6, 6.07) is 19.6. The average Bonchev–Trinajstić information content (AvgIpc) is 3.23. The Balaban J connectivity index is 1.77. The molecular weight excluding hydrogens is 360 g/mol. The van der Waals surface area contributed by atoms with Crippen molar-refractivity contribution in [2.75, 3.05) is 11.6 Å². The average molecular weight is 380 g/mol. The van der Waals surface area contributed by atoms with Gasteiger partial charge in [0.1, 0.15) is 6.04 Å². The lowest BCUT2D eigenvalue weighted by atomic mass is 10.0. The number of amides is 2. The molecule has 0 spiro atoms. The van der Waals surface area contributed by atoms with Gasteiger partial charge in [0.2, 0.25) is 5.91 Å². The van der Waals surface area contributed by atoms with E-state index in [0.29, 0.717) is 12.1 Å². The maximum absolute atomic E-state index is 12.9. The Hall–Kier alpha value is -2.99. The highest BCUT2D eigenvalue weighted by molar-refractivity contribution is 7.98. The molecule has 0 aliphatic rings. The molecular formula is C21H20N2O3S. The summed E-state index contributed by atoms with van der Waals surface area (Å²) in [6.45, 7) is 0. The lowest BCUT2D eigenvalue weighted by Crippen LogP contribution is -2.45. The summed E-state index contributed by atoms with van der Waals surface area (Å²) in [7, 11) is 0. The van der Waals surface area contributed by atoms with Gasteiger partial charge in [0.05, 0.1) is 6.26 Å². The van der Waals surface area contributed by atoms with Crippen LogP contribution in [0.25, 0.3) is 0 Å². The van der Waals surface area contributed by atoms with Crippen molar-refractivity contribution in [2.24, 2.45) is 0 Å². The van der Waals surface area contributed by atoms with E-state index >= 15 is 0 Å². The summed E-state index contributed by atoms with van der Waals surface area (Å²) in [5, 5.41) is 5.66. The van der Waals surface area contributed by atoms with Gasteiger partial charge in [0.15, 0.2) is 5.76 Å². The molecule has 2 N–H and O–H groups in total. The van der Waals surface area contributed by atoms with Gasteiger partial charge in [0, 0.05) is 17.0 Å². The monoisotopic (exact) mass is 380 g/mol. The quantitative estimate of drug-likeness (QED) is 0.608. The number of thioether (sulfide) groups is 1. The molecule has 0 saturated carbocycles. The van der Waals surface area contributed by atoms with Crippen LogP contribution in [0.3, 0.4) is 0 Å². The number of nitrogens with one attached hydrogen (secondary N) is 2. The molecule has 138 valence electrons. The predicted octanol–water partition coefficient (Wildman–Crippen LogP) is 3.98. The van der Waals surface area contributed by atoms with Crippen molar-refractivity contribution in [3.63, 3.8) is 0 Å². The minimum Gasteiger partial charge on any atom is -0.459 e. The summed E-state index contributed by atoms with van der Waals surface area (Å²) in [5.74, 6) is -0.531. The van der Waals surface area contributed by atoms with Crippen molar-refractivity contribution in [3.05, 3.63) is 84.3 Å². The molecule has 0 saturated heterocycles. The number of rotatable bonds is 7. The molecule has 27 heavy (non-hydrogen) atoms. The Morgan fingerprint density at radius 2 is 1.85 bits per heavy atom. The minimum atomic E-state index is -0.733. The zero-order valence-electron chi connectivity index (χ0n) is 14.8. The topological polar surface area (TPSA) is 71.3 Å². The van der Waals surface area contributed by atoms with Crippen LogP contribution in [0.2, 0.25) is 0 Å². The van der Waals surface area contributed by atoms with Crippen LogP contribution in [-0.4, -0.2) is 24.1 Å². The molecule has 6 heteroatoms. The van der Waals surface area contributed by atoms with Gasteiger partial charge in [0.25, 0.3) is 5.91 Å². The van der Waals surface area contributed by atoms with Crippen LogP contribution in [0.1, 0.15) is 16.1 Å². The van der Waals surface area contributed by atoms with Crippen LogP contribution in [0.5, 0.6) is 0 Å². The molecule has 1 aromatic heterocycles. The van der Waals surface area contributed by atoms with Crippen LogP contribution in [-0.2, 0) is 11.2 Å². The molecule has 0 radical (unpaired) electrons. The second kappa shape index (κ2) is 9.09. The van der Waals surface area contributed by atoms with E-state index in [9.17, 15) is 9.59 Å². The summed E-state index contributed by atoms with van der Waals surface area (Å²) < 4.78 is 5.13. The van der Waals surface area contributed by atoms with Gasteiger partial charge in [-0.2, -0.15) is 0 Å². The van der Waals surface area contributed by atoms with E-state index in [-0.39, 0.29) is 11.7 Å². The first-order chi connectivity index (χ1) is 13.2. The number of furan rings is 1. The molecule has 0 fully saturated rings. The summed E-state index contributed by atoms with van der Waals surface area (Å²) in [4.78, 5) is 26.3. The highest BCUT2D eigenvalue weighted by atomic mass is 32.2. The molecule has 0 bridgehead atoms. The van der Waals surface area contributed by atoms with Crippen LogP contribution >= 0.6 is 11.8 Å². The van der Waals surface area contributed by atoms with E-state index in [1.54, 1.807) is 23.9 Å². The minimum absolute atomic E-state index is 0.172. The molecule has 1 unspecified atom stereocenters. The smallest absolute Gasteiger partial charge is 0.287 e. The van der Waals surface area contributed by atoms with E-state index in [4.69, 9.17) is 4.42 Å². The van der Waals surface area contributed by atoms with E-state index in [1.165, 1.54) is 6.26 Å². The Labute approximate surface area is 162 Å². The maximum atomic E-state index is 12.9. The van der Waals surface area contributed by atoms with Crippen molar-refractivity contribution in [1.82, 2.24) is 5.32 Å². The molecule has 1 heterocycles. The van der Waals surface area contributed by atoms with Crippen LogP contribution in [0.15, 0.2) is 82.3 Å². The van der Waals surface area contributed by atoms with E-state index in [0.717, 1.165) is 10.5 Å². The lowest BCUT2D eigenvalue weighted by molar-refractivity contribution is -0.118. The van der Waals surface area contributed by atoms with Gasteiger partial charge in [-0.15, -0.1) is 11.8 Å². The Morgan fingerprint density at radius 1 is 1.04 bits per heavy atom. The van der Waals surface area contributed by atoms with Crippen molar-refractivity contribution in [3.8, 4) is 0 Å². The largest absolute Gasteiger partial charge is 0.459 e. The van der Waals surface area contributed by atoms with Gasteiger partial charge in [-0.25, -0.2) is 0 Å².